The van der Waals surface area contributed by atoms with Crippen molar-refractivity contribution in [1.82, 2.24) is 10.2 Å². The van der Waals surface area contributed by atoms with Gasteiger partial charge in [0.2, 0.25) is 0 Å². The van der Waals surface area contributed by atoms with E-state index in [2.05, 4.69) is 28.9 Å². The van der Waals surface area contributed by atoms with Crippen LogP contribution in [0.2, 0.25) is 0 Å². The van der Waals surface area contributed by atoms with Gasteiger partial charge in [-0.3, -0.25) is 0 Å². The molecule has 0 amide bonds. The highest BCUT2D eigenvalue weighted by Crippen LogP contribution is 2.36. The zero-order valence-corrected chi connectivity index (χ0v) is 10.0. The van der Waals surface area contributed by atoms with Crippen LogP contribution >= 0.6 is 11.8 Å². The highest BCUT2D eigenvalue weighted by Gasteiger charge is 2.33. The van der Waals surface area contributed by atoms with Gasteiger partial charge in [-0.1, -0.05) is 6.92 Å². The zero-order chi connectivity index (χ0) is 9.86. The molecule has 2 aliphatic rings. The number of nitrogens with one attached hydrogen (secondary N) is 1. The molecule has 0 aromatic rings. The van der Waals surface area contributed by atoms with Gasteiger partial charge in [0.15, 0.2) is 0 Å². The summed E-state index contributed by atoms with van der Waals surface area (Å²) in [6.45, 7) is 7.33. The molecule has 1 N–H and O–H groups in total. The molecule has 2 nitrogen and oxygen atoms in total. The van der Waals surface area contributed by atoms with Gasteiger partial charge in [-0.05, 0) is 51.1 Å². The number of thioether (sulfide) groups is 1. The van der Waals surface area contributed by atoms with Crippen LogP contribution in [0.5, 0.6) is 0 Å². The molecule has 2 saturated heterocycles. The van der Waals surface area contributed by atoms with Crippen molar-refractivity contribution in [3.63, 3.8) is 0 Å². The van der Waals surface area contributed by atoms with Crippen LogP contribution in [0.25, 0.3) is 0 Å². The molecule has 0 aliphatic carbocycles. The van der Waals surface area contributed by atoms with Crippen molar-refractivity contribution in [2.45, 2.75) is 37.5 Å². The summed E-state index contributed by atoms with van der Waals surface area (Å²) in [5, 5.41) is 3.76. The highest BCUT2D eigenvalue weighted by molar-refractivity contribution is 8.00. The van der Waals surface area contributed by atoms with Crippen molar-refractivity contribution in [3.05, 3.63) is 0 Å². The smallest absolute Gasteiger partial charge is 0.0657 e. The molecule has 82 valence electrons. The Kier molecular flexibility index (Phi) is 3.74. The van der Waals surface area contributed by atoms with Gasteiger partial charge in [0, 0.05) is 6.54 Å². The van der Waals surface area contributed by atoms with Crippen LogP contribution in [-0.4, -0.2) is 41.7 Å². The summed E-state index contributed by atoms with van der Waals surface area (Å²) in [7, 11) is 0. The van der Waals surface area contributed by atoms with Crippen LogP contribution < -0.4 is 5.32 Å². The van der Waals surface area contributed by atoms with Gasteiger partial charge in [-0.25, -0.2) is 0 Å². The van der Waals surface area contributed by atoms with E-state index in [4.69, 9.17) is 0 Å². The van der Waals surface area contributed by atoms with Gasteiger partial charge >= 0.3 is 0 Å². The summed E-state index contributed by atoms with van der Waals surface area (Å²) in [6.07, 6.45) is 5.43. The summed E-state index contributed by atoms with van der Waals surface area (Å²) in [5.74, 6) is 1.36. The SMILES string of the molecule is CCN1CCCC2(CC1)NCCCS2. The first-order chi connectivity index (χ1) is 6.85. The summed E-state index contributed by atoms with van der Waals surface area (Å²) < 4.78 is 0. The topological polar surface area (TPSA) is 15.3 Å². The first kappa shape index (κ1) is 10.8. The lowest BCUT2D eigenvalue weighted by Gasteiger charge is -2.37. The van der Waals surface area contributed by atoms with Gasteiger partial charge in [0.1, 0.15) is 0 Å². The average molecular weight is 214 g/mol. The fourth-order valence-electron chi connectivity index (χ4n) is 2.51. The van der Waals surface area contributed by atoms with E-state index in [9.17, 15) is 0 Å². The molecule has 2 aliphatic heterocycles. The first-order valence-electron chi connectivity index (χ1n) is 5.96. The van der Waals surface area contributed by atoms with Crippen LogP contribution in [-0.2, 0) is 0 Å². The summed E-state index contributed by atoms with van der Waals surface area (Å²) >= 11 is 2.17. The molecule has 2 fully saturated rings. The zero-order valence-electron chi connectivity index (χ0n) is 9.22. The maximum atomic E-state index is 3.76. The predicted molar refractivity (Wildman–Crippen MR) is 63.8 cm³/mol. The Hall–Kier alpha value is 0.270. The second-order valence-corrected chi connectivity index (χ2v) is 5.89. The minimum absolute atomic E-state index is 0.447. The minimum Gasteiger partial charge on any atom is -0.304 e. The Labute approximate surface area is 91.8 Å². The quantitative estimate of drug-likeness (QED) is 0.718. The molecule has 1 unspecified atom stereocenters. The van der Waals surface area contributed by atoms with Gasteiger partial charge < -0.3 is 10.2 Å². The van der Waals surface area contributed by atoms with E-state index in [1.807, 2.05) is 0 Å². The Bertz CT molecular complexity index is 178. The van der Waals surface area contributed by atoms with Gasteiger partial charge in [0.25, 0.3) is 0 Å². The predicted octanol–water partition coefficient (Wildman–Crippen LogP) is 1.91. The standard InChI is InChI=1S/C11H22N2S/c1-2-13-8-3-5-11(6-9-13)12-7-4-10-14-11/h12H,2-10H2,1H3. The molecule has 14 heavy (non-hydrogen) atoms. The Balaban J connectivity index is 1.92. The summed E-state index contributed by atoms with van der Waals surface area (Å²) in [6, 6.07) is 0. The van der Waals surface area contributed by atoms with Gasteiger partial charge in [-0.15, -0.1) is 11.8 Å². The second kappa shape index (κ2) is 4.86. The van der Waals surface area contributed by atoms with Crippen molar-refractivity contribution < 1.29 is 0 Å². The third-order valence-electron chi connectivity index (χ3n) is 3.48. The molecule has 3 heteroatoms. The van der Waals surface area contributed by atoms with E-state index in [1.165, 1.54) is 57.6 Å². The highest BCUT2D eigenvalue weighted by atomic mass is 32.2. The van der Waals surface area contributed by atoms with Crippen molar-refractivity contribution >= 4 is 11.8 Å². The van der Waals surface area contributed by atoms with Crippen LogP contribution in [0.4, 0.5) is 0 Å². The van der Waals surface area contributed by atoms with Crippen LogP contribution in [0.3, 0.4) is 0 Å². The monoisotopic (exact) mass is 214 g/mol. The Morgan fingerprint density at radius 1 is 1.29 bits per heavy atom. The molecule has 0 bridgehead atoms. The van der Waals surface area contributed by atoms with E-state index in [0.717, 1.165) is 0 Å². The number of hydrogen-bond acceptors (Lipinski definition) is 3. The Morgan fingerprint density at radius 3 is 2.93 bits per heavy atom. The lowest BCUT2D eigenvalue weighted by atomic mass is 10.1. The number of nitrogens with zero attached hydrogens (tertiary/aromatic N) is 1. The van der Waals surface area contributed by atoms with E-state index >= 15 is 0 Å². The van der Waals surface area contributed by atoms with Crippen molar-refractivity contribution in [1.29, 1.82) is 0 Å². The fraction of sp³-hybridized carbons (Fsp3) is 1.00. The van der Waals surface area contributed by atoms with E-state index in [1.54, 1.807) is 0 Å². The number of hydrogen-bond donors (Lipinski definition) is 1. The molecule has 0 aromatic carbocycles. The Morgan fingerprint density at radius 2 is 2.21 bits per heavy atom. The molecule has 1 spiro atoms. The number of likely N-dealkylation sites (tertiary alicyclic amines) is 1. The van der Waals surface area contributed by atoms with Crippen molar-refractivity contribution in [2.75, 3.05) is 31.9 Å². The van der Waals surface area contributed by atoms with E-state index < -0.39 is 0 Å². The lowest BCUT2D eigenvalue weighted by molar-refractivity contribution is 0.294. The molecule has 2 rings (SSSR count). The summed E-state index contributed by atoms with van der Waals surface area (Å²) in [4.78, 5) is 3.04. The number of rotatable bonds is 1. The molecular formula is C11H22N2S. The molecular weight excluding hydrogens is 192 g/mol. The second-order valence-electron chi connectivity index (χ2n) is 4.41. The van der Waals surface area contributed by atoms with E-state index in [-0.39, 0.29) is 0 Å². The maximum Gasteiger partial charge on any atom is 0.0657 e. The molecule has 0 saturated carbocycles. The third kappa shape index (κ3) is 2.44. The molecule has 1 atom stereocenters. The normalized spacial score (nSPS) is 35.8. The van der Waals surface area contributed by atoms with Crippen LogP contribution in [0, 0.1) is 0 Å². The van der Waals surface area contributed by atoms with Crippen molar-refractivity contribution in [2.24, 2.45) is 0 Å². The minimum atomic E-state index is 0.447. The van der Waals surface area contributed by atoms with Crippen LogP contribution in [0.15, 0.2) is 0 Å². The lowest BCUT2D eigenvalue weighted by Crippen LogP contribution is -2.46. The van der Waals surface area contributed by atoms with Gasteiger partial charge in [-0.2, -0.15) is 0 Å². The van der Waals surface area contributed by atoms with Crippen LogP contribution in [0.1, 0.15) is 32.6 Å². The third-order valence-corrected chi connectivity index (χ3v) is 5.08. The first-order valence-corrected chi connectivity index (χ1v) is 6.94. The largest absolute Gasteiger partial charge is 0.304 e. The maximum absolute atomic E-state index is 3.76. The van der Waals surface area contributed by atoms with Gasteiger partial charge in [0.05, 0.1) is 4.87 Å². The molecule has 0 radical (unpaired) electrons. The van der Waals surface area contributed by atoms with Crippen molar-refractivity contribution in [3.8, 4) is 0 Å². The summed E-state index contributed by atoms with van der Waals surface area (Å²) in [5.41, 5.74) is 0. The molecule has 0 aromatic heterocycles. The van der Waals surface area contributed by atoms with E-state index in [0.29, 0.717) is 4.87 Å². The molecule has 2 heterocycles. The average Bonchev–Trinajstić information content (AvgIpc) is 2.42. The fourth-order valence-corrected chi connectivity index (χ4v) is 3.92.